The number of pyridine rings is 1. The molecule has 4 aromatic rings. The second-order valence-electron chi connectivity index (χ2n) is 7.19. The van der Waals surface area contributed by atoms with Gasteiger partial charge in [-0.2, -0.15) is 0 Å². The van der Waals surface area contributed by atoms with Crippen molar-refractivity contribution in [2.75, 3.05) is 5.32 Å². The molecule has 2 heterocycles. The number of nitrogens with one attached hydrogen (secondary N) is 1. The molecule has 1 aliphatic carbocycles. The van der Waals surface area contributed by atoms with Gasteiger partial charge in [-0.25, -0.2) is 9.97 Å². The summed E-state index contributed by atoms with van der Waals surface area (Å²) in [5.41, 5.74) is 5.37. The minimum absolute atomic E-state index is 0.0741. The van der Waals surface area contributed by atoms with E-state index in [2.05, 4.69) is 39.6 Å². The van der Waals surface area contributed by atoms with Crippen molar-refractivity contribution in [3.63, 3.8) is 0 Å². The van der Waals surface area contributed by atoms with Crippen molar-refractivity contribution < 1.29 is 4.79 Å². The van der Waals surface area contributed by atoms with Crippen molar-refractivity contribution in [2.45, 2.75) is 18.8 Å². The molecule has 5 rings (SSSR count). The number of aryl methyl sites for hydroxylation is 2. The minimum atomic E-state index is -0.366. The van der Waals surface area contributed by atoms with Crippen LogP contribution in [0.2, 0.25) is 5.15 Å². The van der Waals surface area contributed by atoms with Gasteiger partial charge in [0.15, 0.2) is 5.13 Å². The number of nitrogens with zero attached hydrogens (tertiary/aromatic N) is 2. The highest BCUT2D eigenvalue weighted by molar-refractivity contribution is 7.19. The normalized spacial score (nSPS) is 13.2. The molecule has 148 valence electrons. The van der Waals surface area contributed by atoms with E-state index in [1.54, 1.807) is 12.4 Å². The number of thiazole rings is 1. The van der Waals surface area contributed by atoms with Crippen molar-refractivity contribution in [1.29, 1.82) is 0 Å². The van der Waals surface area contributed by atoms with Crippen molar-refractivity contribution in [1.82, 2.24) is 9.97 Å². The summed E-state index contributed by atoms with van der Waals surface area (Å²) in [6.07, 6.45) is 5.23. The fraction of sp³-hybridized carbons (Fsp3) is 0.125. The summed E-state index contributed by atoms with van der Waals surface area (Å²) in [5.74, 6) is -0.441. The van der Waals surface area contributed by atoms with Gasteiger partial charge in [0, 0.05) is 18.0 Å². The lowest BCUT2D eigenvalue weighted by Crippen LogP contribution is -2.23. The highest BCUT2D eigenvalue weighted by atomic mass is 35.5. The lowest BCUT2D eigenvalue weighted by molar-refractivity contribution is -0.116. The molecule has 1 amide bonds. The van der Waals surface area contributed by atoms with Crippen LogP contribution in [0.15, 0.2) is 73.1 Å². The number of rotatable bonds is 3. The van der Waals surface area contributed by atoms with Gasteiger partial charge in [0.2, 0.25) is 5.91 Å². The lowest BCUT2D eigenvalue weighted by atomic mass is 9.87. The predicted octanol–water partition coefficient (Wildman–Crippen LogP) is 5.73. The van der Waals surface area contributed by atoms with Crippen LogP contribution in [-0.2, 0) is 17.6 Å². The van der Waals surface area contributed by atoms with Gasteiger partial charge in [0.25, 0.3) is 0 Å². The first-order valence-corrected chi connectivity index (χ1v) is 10.9. The molecule has 0 radical (unpaired) electrons. The first-order valence-electron chi connectivity index (χ1n) is 9.74. The van der Waals surface area contributed by atoms with Gasteiger partial charge in [0.05, 0.1) is 10.8 Å². The molecule has 4 nitrogen and oxygen atoms in total. The van der Waals surface area contributed by atoms with E-state index in [0.717, 1.165) is 34.4 Å². The molecule has 30 heavy (non-hydrogen) atoms. The summed E-state index contributed by atoms with van der Waals surface area (Å²) in [7, 11) is 0. The van der Waals surface area contributed by atoms with Gasteiger partial charge in [0.1, 0.15) is 5.15 Å². The third-order valence-corrected chi connectivity index (χ3v) is 6.67. The maximum absolute atomic E-state index is 13.5. The van der Waals surface area contributed by atoms with Crippen LogP contribution in [0.25, 0.3) is 10.4 Å². The third-order valence-electron chi connectivity index (χ3n) is 5.42. The Hall–Kier alpha value is -3.02. The molecular weight excluding hydrogens is 414 g/mol. The molecule has 0 unspecified atom stereocenters. The number of hydrogen-bond donors (Lipinski definition) is 1. The first kappa shape index (κ1) is 19.0. The van der Waals surface area contributed by atoms with Crippen molar-refractivity contribution in [2.24, 2.45) is 0 Å². The Morgan fingerprint density at radius 1 is 0.933 bits per heavy atom. The van der Waals surface area contributed by atoms with Gasteiger partial charge in [-0.3, -0.25) is 4.79 Å². The summed E-state index contributed by atoms with van der Waals surface area (Å²) >= 11 is 7.60. The predicted molar refractivity (Wildman–Crippen MR) is 121 cm³/mol. The molecule has 2 aromatic carbocycles. The van der Waals surface area contributed by atoms with E-state index >= 15 is 0 Å². The summed E-state index contributed by atoms with van der Waals surface area (Å²) in [6.45, 7) is 0. The Labute approximate surface area is 183 Å². The maximum atomic E-state index is 13.5. The largest absolute Gasteiger partial charge is 0.301 e. The monoisotopic (exact) mass is 431 g/mol. The second kappa shape index (κ2) is 8.01. The van der Waals surface area contributed by atoms with E-state index in [0.29, 0.717) is 10.3 Å². The van der Waals surface area contributed by atoms with Crippen LogP contribution in [0.3, 0.4) is 0 Å². The highest BCUT2D eigenvalue weighted by Crippen LogP contribution is 2.37. The number of amides is 1. The summed E-state index contributed by atoms with van der Waals surface area (Å²) in [4.78, 5) is 22.9. The number of hydrogen-bond acceptors (Lipinski definition) is 4. The summed E-state index contributed by atoms with van der Waals surface area (Å²) < 4.78 is 0. The van der Waals surface area contributed by atoms with Gasteiger partial charge in [-0.15, -0.1) is 0 Å². The second-order valence-corrected chi connectivity index (χ2v) is 8.58. The van der Waals surface area contributed by atoms with E-state index in [-0.39, 0.29) is 11.8 Å². The zero-order valence-corrected chi connectivity index (χ0v) is 17.6. The average Bonchev–Trinajstić information content (AvgIpc) is 3.15. The summed E-state index contributed by atoms with van der Waals surface area (Å²) in [6, 6.07) is 20.2. The number of anilines is 1. The van der Waals surface area contributed by atoms with Crippen LogP contribution in [0.4, 0.5) is 5.13 Å². The molecule has 0 bridgehead atoms. The number of carbonyl (C=O) groups is 1. The SMILES string of the molecule is O=C(Nc1ncc(-c2cccnc2Cl)s1)C1c2ccccc2CCc2ccccc21. The standard InChI is InChI=1S/C24H18ClN3OS/c25-22-19(10-5-13-26-22)20-14-27-24(30-20)28-23(29)21-17-8-3-1-6-15(17)11-12-16-7-2-4-9-18(16)21/h1-10,13-14,21H,11-12H2,(H,27,28,29). The zero-order chi connectivity index (χ0) is 20.5. The smallest absolute Gasteiger partial charge is 0.238 e. The fourth-order valence-electron chi connectivity index (χ4n) is 4.01. The fourth-order valence-corrected chi connectivity index (χ4v) is 5.13. The third kappa shape index (κ3) is 3.51. The number of fused-ring (bicyclic) bond motifs is 2. The van der Waals surface area contributed by atoms with Gasteiger partial charge in [-0.1, -0.05) is 71.5 Å². The Bertz CT molecular complexity index is 1190. The van der Waals surface area contributed by atoms with Gasteiger partial charge < -0.3 is 5.32 Å². The molecule has 0 aliphatic heterocycles. The average molecular weight is 432 g/mol. The summed E-state index contributed by atoms with van der Waals surface area (Å²) in [5, 5.41) is 4.01. The molecule has 1 aliphatic rings. The molecular formula is C24H18ClN3OS. The van der Waals surface area contributed by atoms with E-state index in [1.165, 1.54) is 22.5 Å². The molecule has 0 atom stereocenters. The minimum Gasteiger partial charge on any atom is -0.301 e. The van der Waals surface area contributed by atoms with Crippen molar-refractivity contribution in [3.8, 4) is 10.4 Å². The Balaban J connectivity index is 1.49. The van der Waals surface area contributed by atoms with Crippen LogP contribution in [0, 0.1) is 0 Å². The highest BCUT2D eigenvalue weighted by Gasteiger charge is 2.29. The molecule has 1 N–H and O–H groups in total. The van der Waals surface area contributed by atoms with Crippen LogP contribution < -0.4 is 5.32 Å². The Morgan fingerprint density at radius 2 is 1.60 bits per heavy atom. The van der Waals surface area contributed by atoms with E-state index in [1.807, 2.05) is 36.4 Å². The number of carbonyl (C=O) groups excluding carboxylic acids is 1. The van der Waals surface area contributed by atoms with Crippen LogP contribution in [0.5, 0.6) is 0 Å². The van der Waals surface area contributed by atoms with E-state index < -0.39 is 0 Å². The van der Waals surface area contributed by atoms with Crippen molar-refractivity contribution >= 4 is 34.0 Å². The zero-order valence-electron chi connectivity index (χ0n) is 16.0. The Morgan fingerprint density at radius 3 is 2.27 bits per heavy atom. The molecule has 6 heteroatoms. The molecule has 0 saturated carbocycles. The number of benzene rings is 2. The quantitative estimate of drug-likeness (QED) is 0.421. The van der Waals surface area contributed by atoms with Gasteiger partial charge in [-0.05, 0) is 47.2 Å². The first-order chi connectivity index (χ1) is 14.7. The van der Waals surface area contributed by atoms with E-state index in [4.69, 9.17) is 11.6 Å². The van der Waals surface area contributed by atoms with Crippen molar-refractivity contribution in [3.05, 3.63) is 100 Å². The molecule has 2 aromatic heterocycles. The number of aromatic nitrogens is 2. The van der Waals surface area contributed by atoms with Crippen LogP contribution in [0.1, 0.15) is 28.2 Å². The number of halogens is 1. The van der Waals surface area contributed by atoms with Crippen LogP contribution >= 0.6 is 22.9 Å². The van der Waals surface area contributed by atoms with Gasteiger partial charge >= 0.3 is 0 Å². The lowest BCUT2D eigenvalue weighted by Gasteiger charge is -2.19. The maximum Gasteiger partial charge on any atom is 0.238 e. The van der Waals surface area contributed by atoms with Crippen LogP contribution in [-0.4, -0.2) is 15.9 Å². The Kier molecular flexibility index (Phi) is 5.07. The van der Waals surface area contributed by atoms with E-state index in [9.17, 15) is 4.79 Å². The molecule has 0 saturated heterocycles. The molecule has 0 spiro atoms. The topological polar surface area (TPSA) is 54.9 Å². The molecule has 0 fully saturated rings.